The summed E-state index contributed by atoms with van der Waals surface area (Å²) in [6.45, 7) is 6.22. The number of rotatable bonds is 4. The van der Waals surface area contributed by atoms with Gasteiger partial charge in [-0.3, -0.25) is 0 Å². The van der Waals surface area contributed by atoms with Gasteiger partial charge in [-0.1, -0.05) is 6.92 Å². The third kappa shape index (κ3) is 2.71. The van der Waals surface area contributed by atoms with E-state index in [0.717, 1.165) is 26.1 Å². The van der Waals surface area contributed by atoms with Gasteiger partial charge < -0.3 is 15.4 Å². The molecule has 0 saturated carbocycles. The van der Waals surface area contributed by atoms with Gasteiger partial charge in [-0.2, -0.15) is 0 Å². The lowest BCUT2D eigenvalue weighted by molar-refractivity contribution is 0.00926. The molecule has 1 aliphatic heterocycles. The highest BCUT2D eigenvalue weighted by molar-refractivity contribution is 4.96. The number of ether oxygens (including phenoxy) is 1. The van der Waals surface area contributed by atoms with Crippen LogP contribution in [-0.4, -0.2) is 43.8 Å². The third-order valence-electron chi connectivity index (χ3n) is 4.16. The van der Waals surface area contributed by atoms with Crippen molar-refractivity contribution in [1.29, 1.82) is 0 Å². The summed E-state index contributed by atoms with van der Waals surface area (Å²) in [4.78, 5) is 2.26. The Balaban J connectivity index is 2.66. The van der Waals surface area contributed by atoms with Crippen molar-refractivity contribution in [3.63, 3.8) is 0 Å². The summed E-state index contributed by atoms with van der Waals surface area (Å²) >= 11 is 0. The molecule has 0 bridgehead atoms. The van der Waals surface area contributed by atoms with Crippen molar-refractivity contribution in [2.24, 2.45) is 11.7 Å². The van der Waals surface area contributed by atoms with Crippen molar-refractivity contribution in [3.05, 3.63) is 0 Å². The molecule has 0 spiro atoms. The van der Waals surface area contributed by atoms with Gasteiger partial charge in [-0.25, -0.2) is 0 Å². The number of hydrogen-bond acceptors (Lipinski definition) is 3. The van der Waals surface area contributed by atoms with Gasteiger partial charge in [-0.15, -0.1) is 0 Å². The molecular weight excluding hydrogens is 188 g/mol. The minimum absolute atomic E-state index is 0.0887. The number of hydrogen-bond donors (Lipinski definition) is 1. The second kappa shape index (κ2) is 5.28. The Morgan fingerprint density at radius 3 is 2.60 bits per heavy atom. The van der Waals surface area contributed by atoms with Gasteiger partial charge in [-0.05, 0) is 46.2 Å². The quantitative estimate of drug-likeness (QED) is 0.770. The standard InChI is InChI=1S/C12H26N2O/c1-5-12(2,14(3)4)11(13)10-7-6-8-15-9-10/h10-11H,5-9,13H2,1-4H3. The Morgan fingerprint density at radius 2 is 2.20 bits per heavy atom. The molecule has 0 aromatic heterocycles. The van der Waals surface area contributed by atoms with E-state index in [-0.39, 0.29) is 11.6 Å². The molecule has 1 saturated heterocycles. The van der Waals surface area contributed by atoms with Crippen molar-refractivity contribution >= 4 is 0 Å². The van der Waals surface area contributed by atoms with E-state index in [1.54, 1.807) is 0 Å². The molecule has 3 nitrogen and oxygen atoms in total. The van der Waals surface area contributed by atoms with Crippen molar-refractivity contribution in [1.82, 2.24) is 4.90 Å². The van der Waals surface area contributed by atoms with Gasteiger partial charge in [0.1, 0.15) is 0 Å². The van der Waals surface area contributed by atoms with Crippen molar-refractivity contribution in [2.75, 3.05) is 27.3 Å². The maximum atomic E-state index is 6.42. The Labute approximate surface area is 94.0 Å². The highest BCUT2D eigenvalue weighted by atomic mass is 16.5. The highest BCUT2D eigenvalue weighted by Gasteiger charge is 2.37. The second-order valence-electron chi connectivity index (χ2n) is 5.11. The van der Waals surface area contributed by atoms with Crippen LogP contribution in [0.5, 0.6) is 0 Å². The maximum Gasteiger partial charge on any atom is 0.0509 e. The van der Waals surface area contributed by atoms with Crippen LogP contribution >= 0.6 is 0 Å². The fraction of sp³-hybridized carbons (Fsp3) is 1.00. The Hall–Kier alpha value is -0.120. The van der Waals surface area contributed by atoms with Crippen LogP contribution in [0, 0.1) is 5.92 Å². The van der Waals surface area contributed by atoms with Crippen molar-refractivity contribution in [3.8, 4) is 0 Å². The molecule has 0 radical (unpaired) electrons. The molecule has 1 aliphatic rings. The highest BCUT2D eigenvalue weighted by Crippen LogP contribution is 2.28. The molecule has 0 aliphatic carbocycles. The molecule has 3 unspecified atom stereocenters. The Morgan fingerprint density at radius 1 is 1.53 bits per heavy atom. The summed E-state index contributed by atoms with van der Waals surface area (Å²) in [6, 6.07) is 0.206. The lowest BCUT2D eigenvalue weighted by atomic mass is 9.78. The second-order valence-corrected chi connectivity index (χ2v) is 5.11. The molecule has 3 atom stereocenters. The van der Waals surface area contributed by atoms with Crippen LogP contribution < -0.4 is 5.73 Å². The normalized spacial score (nSPS) is 28.8. The van der Waals surface area contributed by atoms with E-state index < -0.39 is 0 Å². The van der Waals surface area contributed by atoms with Crippen LogP contribution in [0.25, 0.3) is 0 Å². The molecule has 1 heterocycles. The predicted octanol–water partition coefficient (Wildman–Crippen LogP) is 1.47. The zero-order chi connectivity index (χ0) is 11.5. The van der Waals surface area contributed by atoms with Crippen LogP contribution in [0.3, 0.4) is 0 Å². The lowest BCUT2D eigenvalue weighted by Gasteiger charge is -2.45. The molecule has 0 aromatic carbocycles. The van der Waals surface area contributed by atoms with Crippen LogP contribution in [0.4, 0.5) is 0 Å². The summed E-state index contributed by atoms with van der Waals surface area (Å²) in [5, 5.41) is 0. The van der Waals surface area contributed by atoms with Gasteiger partial charge in [0.2, 0.25) is 0 Å². The van der Waals surface area contributed by atoms with Crippen molar-refractivity contribution in [2.45, 2.75) is 44.7 Å². The molecule has 3 heteroatoms. The molecule has 90 valence electrons. The summed E-state index contributed by atoms with van der Waals surface area (Å²) in [7, 11) is 4.24. The molecule has 1 rings (SSSR count). The van der Waals surface area contributed by atoms with E-state index in [1.165, 1.54) is 6.42 Å². The minimum atomic E-state index is 0.0887. The molecule has 1 fully saturated rings. The van der Waals surface area contributed by atoms with Gasteiger partial charge in [0, 0.05) is 18.2 Å². The lowest BCUT2D eigenvalue weighted by Crippen LogP contribution is -2.59. The first-order chi connectivity index (χ1) is 7.02. The van der Waals surface area contributed by atoms with E-state index in [2.05, 4.69) is 32.8 Å². The van der Waals surface area contributed by atoms with E-state index in [9.17, 15) is 0 Å². The summed E-state index contributed by atoms with van der Waals surface area (Å²) in [5.74, 6) is 0.520. The van der Waals surface area contributed by atoms with E-state index in [4.69, 9.17) is 10.5 Å². The van der Waals surface area contributed by atoms with Gasteiger partial charge in [0.05, 0.1) is 6.61 Å². The molecule has 15 heavy (non-hydrogen) atoms. The van der Waals surface area contributed by atoms with Gasteiger partial charge in [0.25, 0.3) is 0 Å². The minimum Gasteiger partial charge on any atom is -0.381 e. The first-order valence-corrected chi connectivity index (χ1v) is 6.03. The topological polar surface area (TPSA) is 38.5 Å². The fourth-order valence-electron chi connectivity index (χ4n) is 2.41. The van der Waals surface area contributed by atoms with Crippen molar-refractivity contribution < 1.29 is 4.74 Å². The smallest absolute Gasteiger partial charge is 0.0509 e. The molecule has 2 N–H and O–H groups in total. The maximum absolute atomic E-state index is 6.42. The summed E-state index contributed by atoms with van der Waals surface area (Å²) < 4.78 is 5.52. The third-order valence-corrected chi connectivity index (χ3v) is 4.16. The average molecular weight is 214 g/mol. The number of nitrogens with zero attached hydrogens (tertiary/aromatic N) is 1. The van der Waals surface area contributed by atoms with Crippen LogP contribution in [0.15, 0.2) is 0 Å². The zero-order valence-corrected chi connectivity index (χ0v) is 10.6. The zero-order valence-electron chi connectivity index (χ0n) is 10.6. The van der Waals surface area contributed by atoms with E-state index >= 15 is 0 Å². The Kier molecular flexibility index (Phi) is 4.56. The summed E-state index contributed by atoms with van der Waals surface area (Å²) in [6.07, 6.45) is 3.45. The Bertz CT molecular complexity index is 190. The first-order valence-electron chi connectivity index (χ1n) is 6.03. The first kappa shape index (κ1) is 12.9. The largest absolute Gasteiger partial charge is 0.381 e. The van der Waals surface area contributed by atoms with E-state index in [1.807, 2.05) is 0 Å². The average Bonchev–Trinajstić information content (AvgIpc) is 2.28. The fourth-order valence-corrected chi connectivity index (χ4v) is 2.41. The van der Waals surface area contributed by atoms with Crippen LogP contribution in [-0.2, 0) is 4.74 Å². The number of nitrogens with two attached hydrogens (primary N) is 1. The molecule has 0 aromatic rings. The number of likely N-dealkylation sites (N-methyl/N-ethyl adjacent to an activating group) is 1. The van der Waals surface area contributed by atoms with Crippen LogP contribution in [0.2, 0.25) is 0 Å². The van der Waals surface area contributed by atoms with Crippen LogP contribution in [0.1, 0.15) is 33.1 Å². The van der Waals surface area contributed by atoms with Gasteiger partial charge in [0.15, 0.2) is 0 Å². The predicted molar refractivity (Wildman–Crippen MR) is 63.9 cm³/mol. The SMILES string of the molecule is CCC(C)(C(N)C1CCCOC1)N(C)C. The summed E-state index contributed by atoms with van der Waals surface area (Å²) in [5.41, 5.74) is 6.51. The monoisotopic (exact) mass is 214 g/mol. The molecule has 0 amide bonds. The van der Waals surface area contributed by atoms with Gasteiger partial charge >= 0.3 is 0 Å². The molecular formula is C12H26N2O. The van der Waals surface area contributed by atoms with E-state index in [0.29, 0.717) is 5.92 Å².